The number of carboxylic acids is 1. The number of carboxylic acid groups (broad SMARTS) is 1. The molecule has 2 rings (SSSR count). The second-order valence-electron chi connectivity index (χ2n) is 6.83. The Labute approximate surface area is 160 Å². The second-order valence-corrected chi connectivity index (χ2v) is 6.83. The van der Waals surface area contributed by atoms with E-state index >= 15 is 0 Å². The van der Waals surface area contributed by atoms with Crippen LogP contribution in [0.2, 0.25) is 0 Å². The fourth-order valence-electron chi connectivity index (χ4n) is 3.01. The molecule has 144 valence electrons. The first kappa shape index (κ1) is 20.6. The average Bonchev–Trinajstić information content (AvgIpc) is 2.67. The topological polar surface area (TPSA) is 86.6 Å². The van der Waals surface area contributed by atoms with E-state index in [1.165, 1.54) is 0 Å². The van der Waals surface area contributed by atoms with Gasteiger partial charge in [0.1, 0.15) is 0 Å². The molecule has 2 aromatic carbocycles. The van der Waals surface area contributed by atoms with Crippen molar-refractivity contribution in [2.75, 3.05) is 6.61 Å². The number of aliphatic hydroxyl groups is 1. The first-order chi connectivity index (χ1) is 13.0. The Morgan fingerprint density at radius 2 is 1.63 bits per heavy atom. The second kappa shape index (κ2) is 10.5. The predicted octanol–water partition coefficient (Wildman–Crippen LogP) is 3.26. The smallest absolute Gasteiger partial charge is 0.306 e. The van der Waals surface area contributed by atoms with Crippen molar-refractivity contribution in [3.63, 3.8) is 0 Å². The van der Waals surface area contributed by atoms with E-state index in [9.17, 15) is 14.7 Å². The van der Waals surface area contributed by atoms with Gasteiger partial charge in [0.25, 0.3) is 0 Å². The SMILES string of the molecule is CC(CC(Cc1ccc(-c2ccccc2)cc1)NC(=O)CCCO)C(=O)O. The van der Waals surface area contributed by atoms with Crippen LogP contribution in [0.1, 0.15) is 31.7 Å². The lowest BCUT2D eigenvalue weighted by Gasteiger charge is -2.21. The van der Waals surface area contributed by atoms with E-state index in [1.807, 2.05) is 54.6 Å². The third-order valence-corrected chi connectivity index (χ3v) is 4.53. The molecule has 27 heavy (non-hydrogen) atoms. The van der Waals surface area contributed by atoms with Gasteiger partial charge in [-0.2, -0.15) is 0 Å². The van der Waals surface area contributed by atoms with Gasteiger partial charge in [0.15, 0.2) is 0 Å². The van der Waals surface area contributed by atoms with E-state index in [1.54, 1.807) is 6.92 Å². The maximum atomic E-state index is 12.0. The monoisotopic (exact) mass is 369 g/mol. The molecule has 0 radical (unpaired) electrons. The quantitative estimate of drug-likeness (QED) is 0.600. The molecule has 0 saturated carbocycles. The van der Waals surface area contributed by atoms with Crippen molar-refractivity contribution >= 4 is 11.9 Å². The van der Waals surface area contributed by atoms with E-state index in [4.69, 9.17) is 5.11 Å². The van der Waals surface area contributed by atoms with Crippen LogP contribution in [-0.2, 0) is 16.0 Å². The van der Waals surface area contributed by atoms with Gasteiger partial charge in [-0.05, 0) is 36.0 Å². The number of hydrogen-bond acceptors (Lipinski definition) is 3. The molecule has 2 unspecified atom stereocenters. The van der Waals surface area contributed by atoms with Gasteiger partial charge in [-0.1, -0.05) is 61.5 Å². The lowest BCUT2D eigenvalue weighted by Crippen LogP contribution is -2.38. The number of aliphatic carboxylic acids is 1. The van der Waals surface area contributed by atoms with Crippen LogP contribution in [0.4, 0.5) is 0 Å². The summed E-state index contributed by atoms with van der Waals surface area (Å²) in [5.41, 5.74) is 3.29. The minimum Gasteiger partial charge on any atom is -0.481 e. The normalized spacial score (nSPS) is 13.0. The van der Waals surface area contributed by atoms with Crippen LogP contribution in [0.5, 0.6) is 0 Å². The van der Waals surface area contributed by atoms with Gasteiger partial charge >= 0.3 is 5.97 Å². The third kappa shape index (κ3) is 6.87. The lowest BCUT2D eigenvalue weighted by atomic mass is 9.95. The third-order valence-electron chi connectivity index (χ3n) is 4.53. The first-order valence-corrected chi connectivity index (χ1v) is 9.27. The minimum absolute atomic E-state index is 0.0371. The highest BCUT2D eigenvalue weighted by Crippen LogP contribution is 2.20. The number of aliphatic hydroxyl groups excluding tert-OH is 1. The van der Waals surface area contributed by atoms with E-state index in [0.29, 0.717) is 19.3 Å². The molecule has 0 fully saturated rings. The molecule has 0 spiro atoms. The summed E-state index contributed by atoms with van der Waals surface area (Å²) in [6.07, 6.45) is 1.57. The Kier molecular flexibility index (Phi) is 8.01. The van der Waals surface area contributed by atoms with Crippen molar-refractivity contribution in [2.24, 2.45) is 5.92 Å². The molecule has 0 aliphatic carbocycles. The Hall–Kier alpha value is -2.66. The fraction of sp³-hybridized carbons (Fsp3) is 0.364. The highest BCUT2D eigenvalue weighted by molar-refractivity contribution is 5.76. The molecular formula is C22H27NO4. The van der Waals surface area contributed by atoms with Crippen LogP contribution in [-0.4, -0.2) is 34.7 Å². The van der Waals surface area contributed by atoms with Crippen LogP contribution >= 0.6 is 0 Å². The number of benzene rings is 2. The molecule has 0 bridgehead atoms. The molecule has 5 nitrogen and oxygen atoms in total. The summed E-state index contributed by atoms with van der Waals surface area (Å²) in [7, 11) is 0. The molecule has 0 aromatic heterocycles. The zero-order valence-corrected chi connectivity index (χ0v) is 15.6. The van der Waals surface area contributed by atoms with Gasteiger partial charge in [0.05, 0.1) is 5.92 Å². The van der Waals surface area contributed by atoms with Gasteiger partial charge in [-0.15, -0.1) is 0 Å². The maximum absolute atomic E-state index is 12.0. The van der Waals surface area contributed by atoms with Crippen LogP contribution in [0.15, 0.2) is 54.6 Å². The first-order valence-electron chi connectivity index (χ1n) is 9.27. The van der Waals surface area contributed by atoms with Crippen molar-refractivity contribution in [2.45, 2.75) is 38.6 Å². The number of rotatable bonds is 10. The van der Waals surface area contributed by atoms with Crippen molar-refractivity contribution in [3.8, 4) is 11.1 Å². The Bertz CT molecular complexity index is 728. The number of nitrogens with one attached hydrogen (secondary N) is 1. The molecule has 2 atom stereocenters. The summed E-state index contributed by atoms with van der Waals surface area (Å²) in [6, 6.07) is 17.9. The molecule has 0 saturated heterocycles. The summed E-state index contributed by atoms with van der Waals surface area (Å²) >= 11 is 0. The van der Waals surface area contributed by atoms with Gasteiger partial charge in [0.2, 0.25) is 5.91 Å². The number of carbonyl (C=O) groups is 2. The van der Waals surface area contributed by atoms with Crippen molar-refractivity contribution < 1.29 is 19.8 Å². The predicted molar refractivity (Wildman–Crippen MR) is 105 cm³/mol. The van der Waals surface area contributed by atoms with E-state index in [2.05, 4.69) is 5.32 Å². The highest BCUT2D eigenvalue weighted by Gasteiger charge is 2.20. The number of carbonyl (C=O) groups excluding carboxylic acids is 1. The summed E-state index contributed by atoms with van der Waals surface area (Å²) < 4.78 is 0. The van der Waals surface area contributed by atoms with Crippen LogP contribution in [0, 0.1) is 5.92 Å². The molecule has 5 heteroatoms. The molecule has 1 amide bonds. The molecule has 0 aliphatic heterocycles. The maximum Gasteiger partial charge on any atom is 0.306 e. The van der Waals surface area contributed by atoms with E-state index in [0.717, 1.165) is 16.7 Å². The number of amides is 1. The highest BCUT2D eigenvalue weighted by atomic mass is 16.4. The molecule has 2 aromatic rings. The zero-order chi connectivity index (χ0) is 19.6. The Morgan fingerprint density at radius 3 is 2.22 bits per heavy atom. The lowest BCUT2D eigenvalue weighted by molar-refractivity contribution is -0.141. The van der Waals surface area contributed by atoms with Gasteiger partial charge < -0.3 is 15.5 Å². The summed E-state index contributed by atoms with van der Waals surface area (Å²) in [4.78, 5) is 23.2. The number of hydrogen-bond donors (Lipinski definition) is 3. The molecular weight excluding hydrogens is 342 g/mol. The minimum atomic E-state index is -0.871. The van der Waals surface area contributed by atoms with Gasteiger partial charge in [-0.25, -0.2) is 0 Å². The molecule has 0 aliphatic rings. The van der Waals surface area contributed by atoms with Crippen LogP contribution in [0.3, 0.4) is 0 Å². The van der Waals surface area contributed by atoms with Crippen molar-refractivity contribution in [3.05, 3.63) is 60.2 Å². The summed E-state index contributed by atoms with van der Waals surface area (Å²) in [5.74, 6) is -1.58. The summed E-state index contributed by atoms with van der Waals surface area (Å²) in [6.45, 7) is 1.61. The largest absolute Gasteiger partial charge is 0.481 e. The Morgan fingerprint density at radius 1 is 1.00 bits per heavy atom. The van der Waals surface area contributed by atoms with Crippen molar-refractivity contribution in [1.29, 1.82) is 0 Å². The molecule has 0 heterocycles. The van der Waals surface area contributed by atoms with Gasteiger partial charge in [0, 0.05) is 19.1 Å². The standard InChI is InChI=1S/C22H27NO4/c1-16(22(26)27)14-20(23-21(25)8-5-13-24)15-17-9-11-19(12-10-17)18-6-3-2-4-7-18/h2-4,6-7,9-12,16,20,24H,5,8,13-15H2,1H3,(H,23,25)(H,26,27). The zero-order valence-electron chi connectivity index (χ0n) is 15.6. The average molecular weight is 369 g/mol. The Balaban J connectivity index is 2.06. The van der Waals surface area contributed by atoms with E-state index < -0.39 is 11.9 Å². The summed E-state index contributed by atoms with van der Waals surface area (Å²) in [5, 5.41) is 21.0. The molecule has 3 N–H and O–H groups in total. The van der Waals surface area contributed by atoms with Gasteiger partial charge in [-0.3, -0.25) is 9.59 Å². The fourth-order valence-corrected chi connectivity index (χ4v) is 3.01. The van der Waals surface area contributed by atoms with Crippen LogP contribution in [0.25, 0.3) is 11.1 Å². The van der Waals surface area contributed by atoms with Crippen molar-refractivity contribution in [1.82, 2.24) is 5.32 Å². The van der Waals surface area contributed by atoms with E-state index in [-0.39, 0.29) is 25.0 Å². The van der Waals surface area contributed by atoms with Crippen LogP contribution < -0.4 is 5.32 Å².